The lowest BCUT2D eigenvalue weighted by Crippen LogP contribution is -2.37. The van der Waals surface area contributed by atoms with Crippen molar-refractivity contribution in [2.24, 2.45) is 0 Å². The third kappa shape index (κ3) is 3.97. The summed E-state index contributed by atoms with van der Waals surface area (Å²) in [7, 11) is 0. The van der Waals surface area contributed by atoms with Gasteiger partial charge in [0.15, 0.2) is 5.82 Å². The number of pyridine rings is 1. The van der Waals surface area contributed by atoms with Gasteiger partial charge in [-0.3, -0.25) is 9.78 Å². The Balaban J connectivity index is 1.86. The van der Waals surface area contributed by atoms with Crippen molar-refractivity contribution in [2.75, 3.05) is 13.1 Å². The molecule has 0 saturated carbocycles. The lowest BCUT2D eigenvalue weighted by molar-refractivity contribution is -0.126. The number of carbonyl (C=O) groups is 1. The maximum absolute atomic E-state index is 12.0. The SMILES string of the molecule is CC#CC(=O)N1CCC(c2nc(-c3cccnc3)ncc2C=CC)CC1. The first kappa shape index (κ1) is 17.8. The van der Waals surface area contributed by atoms with E-state index in [1.165, 1.54) is 0 Å². The number of amides is 1. The Kier molecular flexibility index (Phi) is 5.75. The standard InChI is InChI=1S/C21H22N4O/c1-3-6-17-15-23-21(18-8-5-11-22-14-18)24-20(17)16-9-12-25(13-10-16)19(26)7-4-2/h3,5-6,8,11,14-16H,9-10,12-13H2,1-2H3. The fraction of sp³-hybridized carbons (Fsp3) is 0.333. The number of likely N-dealkylation sites (tertiary alicyclic amines) is 1. The van der Waals surface area contributed by atoms with Gasteiger partial charge in [-0.05, 0) is 44.7 Å². The van der Waals surface area contributed by atoms with Gasteiger partial charge in [-0.25, -0.2) is 9.97 Å². The van der Waals surface area contributed by atoms with E-state index in [2.05, 4.69) is 21.8 Å². The van der Waals surface area contributed by atoms with Gasteiger partial charge in [-0.1, -0.05) is 18.1 Å². The fourth-order valence-corrected chi connectivity index (χ4v) is 3.22. The smallest absolute Gasteiger partial charge is 0.298 e. The molecule has 1 aliphatic rings. The van der Waals surface area contributed by atoms with Crippen LogP contribution in [0.3, 0.4) is 0 Å². The molecule has 5 heteroatoms. The molecule has 0 N–H and O–H groups in total. The normalized spacial score (nSPS) is 14.9. The van der Waals surface area contributed by atoms with Gasteiger partial charge in [0, 0.05) is 48.7 Å². The molecule has 2 aromatic rings. The summed E-state index contributed by atoms with van der Waals surface area (Å²) in [6, 6.07) is 3.85. The van der Waals surface area contributed by atoms with Gasteiger partial charge in [0.25, 0.3) is 5.91 Å². The second-order valence-corrected chi connectivity index (χ2v) is 6.22. The van der Waals surface area contributed by atoms with Crippen molar-refractivity contribution in [2.45, 2.75) is 32.6 Å². The first-order chi connectivity index (χ1) is 12.7. The first-order valence-corrected chi connectivity index (χ1v) is 8.84. The van der Waals surface area contributed by atoms with Gasteiger partial charge in [-0.15, -0.1) is 0 Å². The minimum absolute atomic E-state index is 0.0848. The summed E-state index contributed by atoms with van der Waals surface area (Å²) in [5.41, 5.74) is 3.00. The minimum atomic E-state index is -0.0848. The largest absolute Gasteiger partial charge is 0.332 e. The van der Waals surface area contributed by atoms with Crippen LogP contribution in [0.1, 0.15) is 43.9 Å². The van der Waals surface area contributed by atoms with Crippen molar-refractivity contribution in [1.82, 2.24) is 19.9 Å². The molecule has 0 aliphatic carbocycles. The van der Waals surface area contributed by atoms with Crippen LogP contribution in [0.25, 0.3) is 17.5 Å². The Morgan fingerprint density at radius 2 is 2.12 bits per heavy atom. The Morgan fingerprint density at radius 3 is 2.77 bits per heavy atom. The summed E-state index contributed by atoms with van der Waals surface area (Å²) in [6.45, 7) is 5.09. The van der Waals surface area contributed by atoms with E-state index >= 15 is 0 Å². The lowest BCUT2D eigenvalue weighted by atomic mass is 9.90. The second-order valence-electron chi connectivity index (χ2n) is 6.22. The number of piperidine rings is 1. The third-order valence-electron chi connectivity index (χ3n) is 4.51. The van der Waals surface area contributed by atoms with Crippen LogP contribution in [-0.4, -0.2) is 38.8 Å². The molecule has 5 nitrogen and oxygen atoms in total. The van der Waals surface area contributed by atoms with Crippen molar-refractivity contribution in [3.05, 3.63) is 48.1 Å². The highest BCUT2D eigenvalue weighted by Crippen LogP contribution is 2.30. The van der Waals surface area contributed by atoms with Crippen LogP contribution in [0.15, 0.2) is 36.8 Å². The van der Waals surface area contributed by atoms with Crippen LogP contribution < -0.4 is 0 Å². The predicted molar refractivity (Wildman–Crippen MR) is 102 cm³/mol. The first-order valence-electron chi connectivity index (χ1n) is 8.84. The molecular formula is C21H22N4O. The summed E-state index contributed by atoms with van der Waals surface area (Å²) in [5.74, 6) is 6.22. The molecule has 0 bridgehead atoms. The highest BCUT2D eigenvalue weighted by atomic mass is 16.2. The number of rotatable bonds is 3. The monoisotopic (exact) mass is 346 g/mol. The quantitative estimate of drug-likeness (QED) is 0.800. The summed E-state index contributed by atoms with van der Waals surface area (Å²) in [4.78, 5) is 27.3. The van der Waals surface area contributed by atoms with Crippen LogP contribution >= 0.6 is 0 Å². The van der Waals surface area contributed by atoms with Crippen molar-refractivity contribution in [3.8, 4) is 23.2 Å². The zero-order chi connectivity index (χ0) is 18.4. The van der Waals surface area contributed by atoms with Crippen LogP contribution in [0.4, 0.5) is 0 Å². The Labute approximate surface area is 154 Å². The molecule has 0 radical (unpaired) electrons. The average molecular weight is 346 g/mol. The van der Waals surface area contributed by atoms with Gasteiger partial charge in [0.2, 0.25) is 0 Å². The van der Waals surface area contributed by atoms with Crippen molar-refractivity contribution in [1.29, 1.82) is 0 Å². The van der Waals surface area contributed by atoms with E-state index in [1.54, 1.807) is 19.3 Å². The van der Waals surface area contributed by atoms with E-state index in [-0.39, 0.29) is 5.91 Å². The molecule has 1 aliphatic heterocycles. The number of nitrogens with zero attached hydrogens (tertiary/aromatic N) is 4. The molecule has 0 spiro atoms. The molecule has 1 saturated heterocycles. The Morgan fingerprint density at radius 1 is 1.31 bits per heavy atom. The predicted octanol–water partition coefficient (Wildman–Crippen LogP) is 3.30. The van der Waals surface area contributed by atoms with Crippen LogP contribution in [0, 0.1) is 11.8 Å². The van der Waals surface area contributed by atoms with Crippen LogP contribution in [-0.2, 0) is 4.79 Å². The van der Waals surface area contributed by atoms with E-state index in [1.807, 2.05) is 42.3 Å². The fourth-order valence-electron chi connectivity index (χ4n) is 3.22. The zero-order valence-corrected chi connectivity index (χ0v) is 15.1. The molecule has 26 heavy (non-hydrogen) atoms. The molecular weight excluding hydrogens is 324 g/mol. The molecule has 3 heterocycles. The average Bonchev–Trinajstić information content (AvgIpc) is 2.69. The topological polar surface area (TPSA) is 59.0 Å². The van der Waals surface area contributed by atoms with Crippen LogP contribution in [0.5, 0.6) is 0 Å². The molecule has 0 atom stereocenters. The molecule has 2 aromatic heterocycles. The van der Waals surface area contributed by atoms with Crippen molar-refractivity contribution < 1.29 is 4.79 Å². The molecule has 3 rings (SSSR count). The van der Waals surface area contributed by atoms with E-state index < -0.39 is 0 Å². The van der Waals surface area contributed by atoms with E-state index in [9.17, 15) is 4.79 Å². The summed E-state index contributed by atoms with van der Waals surface area (Å²) < 4.78 is 0. The van der Waals surface area contributed by atoms with Crippen LogP contribution in [0.2, 0.25) is 0 Å². The maximum atomic E-state index is 12.0. The summed E-state index contributed by atoms with van der Waals surface area (Å²) in [5, 5.41) is 0. The molecule has 1 fully saturated rings. The lowest BCUT2D eigenvalue weighted by Gasteiger charge is -2.31. The van der Waals surface area contributed by atoms with Gasteiger partial charge >= 0.3 is 0 Å². The maximum Gasteiger partial charge on any atom is 0.298 e. The number of hydrogen-bond donors (Lipinski definition) is 0. The van der Waals surface area contributed by atoms with E-state index in [0.29, 0.717) is 24.8 Å². The van der Waals surface area contributed by atoms with E-state index in [4.69, 9.17) is 4.98 Å². The highest BCUT2D eigenvalue weighted by molar-refractivity contribution is 5.93. The van der Waals surface area contributed by atoms with Gasteiger partial charge in [-0.2, -0.15) is 0 Å². The number of aromatic nitrogens is 3. The number of carbonyl (C=O) groups excluding carboxylic acids is 1. The molecule has 1 amide bonds. The molecule has 0 aromatic carbocycles. The molecule has 0 unspecified atom stereocenters. The van der Waals surface area contributed by atoms with Crippen molar-refractivity contribution in [3.63, 3.8) is 0 Å². The summed E-state index contributed by atoms with van der Waals surface area (Å²) >= 11 is 0. The zero-order valence-electron chi connectivity index (χ0n) is 15.1. The number of allylic oxidation sites excluding steroid dienone is 1. The molecule has 132 valence electrons. The van der Waals surface area contributed by atoms with Gasteiger partial charge < -0.3 is 4.90 Å². The minimum Gasteiger partial charge on any atom is -0.332 e. The highest BCUT2D eigenvalue weighted by Gasteiger charge is 2.26. The van der Waals surface area contributed by atoms with Gasteiger partial charge in [0.1, 0.15) is 0 Å². The number of hydrogen-bond acceptors (Lipinski definition) is 4. The second kappa shape index (κ2) is 8.39. The van der Waals surface area contributed by atoms with Gasteiger partial charge in [0.05, 0.1) is 5.69 Å². The summed E-state index contributed by atoms with van der Waals surface area (Å²) in [6.07, 6.45) is 11.2. The Bertz CT molecular complexity index is 857. The third-order valence-corrected chi connectivity index (χ3v) is 4.51. The van der Waals surface area contributed by atoms with Crippen molar-refractivity contribution >= 4 is 12.0 Å². The Hall–Kier alpha value is -3.00. The van der Waals surface area contributed by atoms with E-state index in [0.717, 1.165) is 29.7 Å².